The summed E-state index contributed by atoms with van der Waals surface area (Å²) in [6.45, 7) is 1.33. The van der Waals surface area contributed by atoms with E-state index in [4.69, 9.17) is 32.5 Å². The van der Waals surface area contributed by atoms with Gasteiger partial charge in [-0.05, 0) is 13.3 Å². The molecule has 0 aliphatic carbocycles. The Morgan fingerprint density at radius 1 is 1.11 bits per heavy atom. The van der Waals surface area contributed by atoms with Crippen LogP contribution in [-0.2, 0) is 14.4 Å². The molecule has 0 bridgehead atoms. The Labute approximate surface area is 104 Å². The van der Waals surface area contributed by atoms with Crippen LogP contribution in [0.15, 0.2) is 0 Å². The molecule has 0 aromatic carbocycles. The third-order valence-corrected chi connectivity index (χ3v) is 1.82. The van der Waals surface area contributed by atoms with Crippen molar-refractivity contribution in [1.29, 1.82) is 0 Å². The summed E-state index contributed by atoms with van der Waals surface area (Å²) < 4.78 is 0. The molecule has 0 saturated heterocycles. The van der Waals surface area contributed by atoms with Crippen LogP contribution in [-0.4, -0.2) is 51.4 Å². The standard InChI is InChI=1S/C5H10N2O3.C4H9NO3/c6-3(5(9)10)1-2-4(7)8;1-2(6)3(5)4(7)8/h3H,1-2,6H2,(H2,7,8)(H,9,10);2-3,6H,5H2,1H3,(H,7,8)/t3-;2-,3+/m01/s1. The Hall–Kier alpha value is -1.71. The third kappa shape index (κ3) is 10.8. The molecule has 0 radical (unpaired) electrons. The van der Waals surface area contributed by atoms with Gasteiger partial charge in [-0.3, -0.25) is 14.4 Å². The monoisotopic (exact) mass is 265 g/mol. The van der Waals surface area contributed by atoms with Gasteiger partial charge >= 0.3 is 11.9 Å². The molecule has 18 heavy (non-hydrogen) atoms. The van der Waals surface area contributed by atoms with Crippen LogP contribution < -0.4 is 17.2 Å². The minimum atomic E-state index is -1.18. The van der Waals surface area contributed by atoms with Crippen LogP contribution in [0, 0.1) is 0 Å². The predicted octanol–water partition coefficient (Wildman–Crippen LogP) is -2.56. The molecule has 0 aliphatic rings. The molecule has 0 fully saturated rings. The molecule has 106 valence electrons. The first-order valence-electron chi connectivity index (χ1n) is 5.02. The summed E-state index contributed by atoms with van der Waals surface area (Å²) in [5.41, 5.74) is 14.7. The largest absolute Gasteiger partial charge is 0.480 e. The van der Waals surface area contributed by atoms with E-state index in [2.05, 4.69) is 0 Å². The number of hydrogen-bond acceptors (Lipinski definition) is 6. The fraction of sp³-hybridized carbons (Fsp3) is 0.667. The van der Waals surface area contributed by atoms with Crippen molar-refractivity contribution in [1.82, 2.24) is 0 Å². The zero-order chi connectivity index (χ0) is 14.9. The highest BCUT2D eigenvalue weighted by molar-refractivity contribution is 5.77. The van der Waals surface area contributed by atoms with Crippen LogP contribution in [0.4, 0.5) is 0 Å². The third-order valence-electron chi connectivity index (χ3n) is 1.82. The van der Waals surface area contributed by atoms with E-state index in [0.29, 0.717) is 0 Å². The molecule has 0 rings (SSSR count). The van der Waals surface area contributed by atoms with Crippen molar-refractivity contribution in [3.63, 3.8) is 0 Å². The summed E-state index contributed by atoms with van der Waals surface area (Å²) in [7, 11) is 0. The van der Waals surface area contributed by atoms with E-state index in [1.54, 1.807) is 0 Å². The maximum absolute atomic E-state index is 10.1. The molecular formula is C9H19N3O6. The van der Waals surface area contributed by atoms with Gasteiger partial charge in [-0.2, -0.15) is 0 Å². The molecule has 9 heteroatoms. The molecule has 9 nitrogen and oxygen atoms in total. The minimum absolute atomic E-state index is 0.0213. The highest BCUT2D eigenvalue weighted by Crippen LogP contribution is 1.92. The molecule has 1 amide bonds. The Kier molecular flexibility index (Phi) is 9.67. The normalized spacial score (nSPS) is 14.7. The second-order valence-electron chi connectivity index (χ2n) is 3.55. The van der Waals surface area contributed by atoms with E-state index in [1.807, 2.05) is 0 Å². The number of carboxylic acids is 2. The van der Waals surface area contributed by atoms with E-state index < -0.39 is 36.0 Å². The number of carbonyl (C=O) groups excluding carboxylic acids is 1. The first-order valence-corrected chi connectivity index (χ1v) is 5.02. The Morgan fingerprint density at radius 2 is 1.56 bits per heavy atom. The number of aliphatic carboxylic acids is 2. The highest BCUT2D eigenvalue weighted by Gasteiger charge is 2.16. The van der Waals surface area contributed by atoms with Crippen molar-refractivity contribution in [2.24, 2.45) is 17.2 Å². The number of nitrogens with two attached hydrogens (primary N) is 3. The zero-order valence-corrected chi connectivity index (χ0v) is 9.94. The summed E-state index contributed by atoms with van der Waals surface area (Å²) in [5, 5.41) is 24.8. The van der Waals surface area contributed by atoms with Crippen molar-refractivity contribution in [2.45, 2.75) is 38.0 Å². The average Bonchev–Trinajstić information content (AvgIpc) is 2.24. The Balaban J connectivity index is 0. The lowest BCUT2D eigenvalue weighted by atomic mass is 10.2. The van der Waals surface area contributed by atoms with Crippen LogP contribution >= 0.6 is 0 Å². The number of carboxylic acid groups (broad SMARTS) is 2. The molecule has 0 aliphatic heterocycles. The van der Waals surface area contributed by atoms with Crippen molar-refractivity contribution >= 4 is 17.8 Å². The maximum Gasteiger partial charge on any atom is 0.323 e. The number of aliphatic hydroxyl groups excluding tert-OH is 1. The second kappa shape index (κ2) is 9.33. The maximum atomic E-state index is 10.1. The van der Waals surface area contributed by atoms with Gasteiger partial charge in [0.25, 0.3) is 0 Å². The second-order valence-corrected chi connectivity index (χ2v) is 3.55. The van der Waals surface area contributed by atoms with Crippen molar-refractivity contribution in [3.05, 3.63) is 0 Å². The number of amides is 1. The van der Waals surface area contributed by atoms with Crippen molar-refractivity contribution < 1.29 is 29.7 Å². The van der Waals surface area contributed by atoms with Crippen molar-refractivity contribution in [3.8, 4) is 0 Å². The van der Waals surface area contributed by atoms with Gasteiger partial charge < -0.3 is 32.5 Å². The van der Waals surface area contributed by atoms with Gasteiger partial charge in [0.15, 0.2) is 0 Å². The average molecular weight is 265 g/mol. The summed E-state index contributed by atoms with van der Waals surface area (Å²) in [6.07, 6.45) is -0.856. The lowest BCUT2D eigenvalue weighted by molar-refractivity contribution is -0.141. The summed E-state index contributed by atoms with van der Waals surface area (Å²) in [6, 6.07) is -2.14. The summed E-state index contributed by atoms with van der Waals surface area (Å²) >= 11 is 0. The molecular weight excluding hydrogens is 246 g/mol. The summed E-state index contributed by atoms with van der Waals surface area (Å²) in [5.74, 6) is -2.82. The first-order chi connectivity index (χ1) is 8.09. The summed E-state index contributed by atoms with van der Waals surface area (Å²) in [4.78, 5) is 30.0. The van der Waals surface area contributed by atoms with Gasteiger partial charge in [-0.15, -0.1) is 0 Å². The van der Waals surface area contributed by atoms with Gasteiger partial charge in [0, 0.05) is 6.42 Å². The molecule has 0 aromatic rings. The predicted molar refractivity (Wildman–Crippen MR) is 61.3 cm³/mol. The smallest absolute Gasteiger partial charge is 0.323 e. The lowest BCUT2D eigenvalue weighted by Gasteiger charge is -2.06. The number of primary amides is 1. The van der Waals surface area contributed by atoms with E-state index in [9.17, 15) is 14.4 Å². The Morgan fingerprint density at radius 3 is 1.72 bits per heavy atom. The minimum Gasteiger partial charge on any atom is -0.480 e. The van der Waals surface area contributed by atoms with Gasteiger partial charge in [0.05, 0.1) is 6.10 Å². The number of carbonyl (C=O) groups is 3. The van der Waals surface area contributed by atoms with E-state index in [1.165, 1.54) is 6.92 Å². The Bertz CT molecular complexity index is 294. The molecule has 0 spiro atoms. The van der Waals surface area contributed by atoms with Crippen LogP contribution in [0.3, 0.4) is 0 Å². The first kappa shape index (κ1) is 18.6. The van der Waals surface area contributed by atoms with E-state index in [0.717, 1.165) is 0 Å². The topological polar surface area (TPSA) is 190 Å². The van der Waals surface area contributed by atoms with Crippen LogP contribution in [0.5, 0.6) is 0 Å². The SMILES string of the molecule is C[C@@H](O)[C@H](N)C(=O)O.NC(=O)CC[C@H](N)C(=O)O. The molecule has 0 heterocycles. The van der Waals surface area contributed by atoms with Gasteiger partial charge in [0.2, 0.25) is 5.91 Å². The van der Waals surface area contributed by atoms with Crippen molar-refractivity contribution in [2.75, 3.05) is 0 Å². The number of hydrogen-bond donors (Lipinski definition) is 6. The fourth-order valence-corrected chi connectivity index (χ4v) is 0.628. The zero-order valence-electron chi connectivity index (χ0n) is 9.94. The number of aliphatic hydroxyl groups is 1. The van der Waals surface area contributed by atoms with Gasteiger partial charge in [-0.25, -0.2) is 0 Å². The van der Waals surface area contributed by atoms with Gasteiger partial charge in [-0.1, -0.05) is 0 Å². The quantitative estimate of drug-likeness (QED) is 0.302. The molecule has 3 atom stereocenters. The number of rotatable bonds is 6. The lowest BCUT2D eigenvalue weighted by Crippen LogP contribution is -2.39. The van der Waals surface area contributed by atoms with E-state index in [-0.39, 0.29) is 12.8 Å². The van der Waals surface area contributed by atoms with Crippen LogP contribution in [0.2, 0.25) is 0 Å². The van der Waals surface area contributed by atoms with Gasteiger partial charge in [0.1, 0.15) is 12.1 Å². The molecule has 0 aromatic heterocycles. The highest BCUT2D eigenvalue weighted by atomic mass is 16.4. The van der Waals surface area contributed by atoms with Crippen LogP contribution in [0.25, 0.3) is 0 Å². The van der Waals surface area contributed by atoms with E-state index >= 15 is 0 Å². The molecule has 0 unspecified atom stereocenters. The molecule has 9 N–H and O–H groups in total. The molecule has 0 saturated carbocycles. The fourth-order valence-electron chi connectivity index (χ4n) is 0.628. The van der Waals surface area contributed by atoms with Crippen LogP contribution in [0.1, 0.15) is 19.8 Å².